The van der Waals surface area contributed by atoms with Crippen LogP contribution in [-0.2, 0) is 4.79 Å². The highest BCUT2D eigenvalue weighted by Crippen LogP contribution is 2.21. The number of hydrogen-bond donors (Lipinski definition) is 0. The first-order valence-electron chi connectivity index (χ1n) is 6.22. The van der Waals surface area contributed by atoms with E-state index in [0.717, 1.165) is 25.9 Å². The standard InChI is InChI=1S/C14H20N2O/c1-12(17)15(2)14-9-6-10-16(11-14)13-7-4-3-5-8-13/h3-5,7-8,14H,6,9-11H2,1-2H3. The van der Waals surface area contributed by atoms with Gasteiger partial charge in [0.25, 0.3) is 0 Å². The molecule has 0 N–H and O–H groups in total. The van der Waals surface area contributed by atoms with Gasteiger partial charge in [-0.15, -0.1) is 0 Å². The van der Waals surface area contributed by atoms with E-state index in [1.165, 1.54) is 5.69 Å². The number of nitrogens with zero attached hydrogens (tertiary/aromatic N) is 2. The van der Waals surface area contributed by atoms with E-state index in [0.29, 0.717) is 6.04 Å². The topological polar surface area (TPSA) is 23.6 Å². The number of para-hydroxylation sites is 1. The summed E-state index contributed by atoms with van der Waals surface area (Å²) in [4.78, 5) is 15.6. The van der Waals surface area contributed by atoms with E-state index in [4.69, 9.17) is 0 Å². The number of piperidine rings is 1. The minimum absolute atomic E-state index is 0.157. The third kappa shape index (κ3) is 2.78. The molecular weight excluding hydrogens is 212 g/mol. The van der Waals surface area contributed by atoms with Crippen LogP contribution in [0.25, 0.3) is 0 Å². The molecule has 0 aliphatic carbocycles. The molecule has 1 heterocycles. The maximum Gasteiger partial charge on any atom is 0.219 e. The first-order valence-corrected chi connectivity index (χ1v) is 6.22. The van der Waals surface area contributed by atoms with Crippen molar-refractivity contribution in [2.24, 2.45) is 0 Å². The molecule has 1 unspecified atom stereocenters. The van der Waals surface area contributed by atoms with Gasteiger partial charge in [0.1, 0.15) is 0 Å². The molecule has 17 heavy (non-hydrogen) atoms. The van der Waals surface area contributed by atoms with Crippen molar-refractivity contribution in [3.05, 3.63) is 30.3 Å². The van der Waals surface area contributed by atoms with Crippen LogP contribution in [0.5, 0.6) is 0 Å². The largest absolute Gasteiger partial charge is 0.369 e. The van der Waals surface area contributed by atoms with Crippen LogP contribution in [0.15, 0.2) is 30.3 Å². The number of anilines is 1. The van der Waals surface area contributed by atoms with E-state index in [-0.39, 0.29) is 5.91 Å². The van der Waals surface area contributed by atoms with E-state index in [9.17, 15) is 4.79 Å². The van der Waals surface area contributed by atoms with Gasteiger partial charge in [-0.2, -0.15) is 0 Å². The Morgan fingerprint density at radius 3 is 2.71 bits per heavy atom. The predicted molar refractivity (Wildman–Crippen MR) is 70.1 cm³/mol. The van der Waals surface area contributed by atoms with E-state index in [2.05, 4.69) is 29.2 Å². The zero-order valence-corrected chi connectivity index (χ0v) is 10.6. The van der Waals surface area contributed by atoms with Gasteiger partial charge in [0.2, 0.25) is 5.91 Å². The Balaban J connectivity index is 2.05. The third-order valence-electron chi connectivity index (χ3n) is 3.56. The average Bonchev–Trinajstić information content (AvgIpc) is 2.39. The van der Waals surface area contributed by atoms with Gasteiger partial charge < -0.3 is 9.80 Å². The Morgan fingerprint density at radius 1 is 1.35 bits per heavy atom. The van der Waals surface area contributed by atoms with Crippen LogP contribution in [0.4, 0.5) is 5.69 Å². The summed E-state index contributed by atoms with van der Waals surface area (Å²) >= 11 is 0. The van der Waals surface area contributed by atoms with Crippen molar-refractivity contribution in [2.75, 3.05) is 25.0 Å². The second kappa shape index (κ2) is 5.21. The lowest BCUT2D eigenvalue weighted by Crippen LogP contribution is -2.48. The van der Waals surface area contributed by atoms with Crippen molar-refractivity contribution < 1.29 is 4.79 Å². The van der Waals surface area contributed by atoms with Crippen LogP contribution < -0.4 is 4.90 Å². The predicted octanol–water partition coefficient (Wildman–Crippen LogP) is 2.13. The molecule has 1 aliphatic rings. The second-order valence-electron chi connectivity index (χ2n) is 4.71. The molecule has 2 rings (SSSR count). The maximum atomic E-state index is 11.4. The summed E-state index contributed by atoms with van der Waals surface area (Å²) in [6.07, 6.45) is 2.26. The molecule has 1 amide bonds. The second-order valence-corrected chi connectivity index (χ2v) is 4.71. The maximum absolute atomic E-state index is 11.4. The lowest BCUT2D eigenvalue weighted by Gasteiger charge is -2.38. The average molecular weight is 232 g/mol. The molecule has 3 heteroatoms. The highest BCUT2D eigenvalue weighted by Gasteiger charge is 2.24. The van der Waals surface area contributed by atoms with Crippen molar-refractivity contribution in [1.82, 2.24) is 4.90 Å². The molecule has 1 fully saturated rings. The quantitative estimate of drug-likeness (QED) is 0.780. The summed E-state index contributed by atoms with van der Waals surface area (Å²) in [6, 6.07) is 10.8. The van der Waals surface area contributed by atoms with Gasteiger partial charge in [0.05, 0.1) is 0 Å². The summed E-state index contributed by atoms with van der Waals surface area (Å²) in [6.45, 7) is 3.67. The summed E-state index contributed by atoms with van der Waals surface area (Å²) in [5.74, 6) is 0.157. The molecule has 0 bridgehead atoms. The summed E-state index contributed by atoms with van der Waals surface area (Å²) < 4.78 is 0. The summed E-state index contributed by atoms with van der Waals surface area (Å²) in [5, 5.41) is 0. The lowest BCUT2D eigenvalue weighted by molar-refractivity contribution is -0.129. The number of benzene rings is 1. The van der Waals surface area contributed by atoms with Gasteiger partial charge >= 0.3 is 0 Å². The first-order chi connectivity index (χ1) is 8.18. The summed E-state index contributed by atoms with van der Waals surface area (Å²) in [5.41, 5.74) is 1.26. The fraction of sp³-hybridized carbons (Fsp3) is 0.500. The van der Waals surface area contributed by atoms with Gasteiger partial charge in [-0.05, 0) is 25.0 Å². The monoisotopic (exact) mass is 232 g/mol. The molecule has 1 atom stereocenters. The van der Waals surface area contributed by atoms with E-state index in [1.807, 2.05) is 18.0 Å². The molecule has 1 aromatic carbocycles. The number of hydrogen-bond acceptors (Lipinski definition) is 2. The molecule has 1 aromatic rings. The van der Waals surface area contributed by atoms with Crippen LogP contribution in [0.2, 0.25) is 0 Å². The van der Waals surface area contributed by atoms with Gasteiger partial charge in [0.15, 0.2) is 0 Å². The normalized spacial score (nSPS) is 20.1. The van der Waals surface area contributed by atoms with Crippen LogP contribution >= 0.6 is 0 Å². The Labute approximate surface area is 103 Å². The van der Waals surface area contributed by atoms with E-state index < -0.39 is 0 Å². The van der Waals surface area contributed by atoms with Crippen molar-refractivity contribution in [2.45, 2.75) is 25.8 Å². The number of likely N-dealkylation sites (N-methyl/N-ethyl adjacent to an activating group) is 1. The SMILES string of the molecule is CC(=O)N(C)C1CCCN(c2ccccc2)C1. The molecule has 0 radical (unpaired) electrons. The number of carbonyl (C=O) groups excluding carboxylic acids is 1. The Hall–Kier alpha value is -1.51. The Kier molecular flexibility index (Phi) is 3.67. The Bertz CT molecular complexity index is 377. The van der Waals surface area contributed by atoms with Crippen LogP contribution in [0, 0.1) is 0 Å². The highest BCUT2D eigenvalue weighted by atomic mass is 16.2. The first kappa shape index (κ1) is 12.0. The molecule has 0 aromatic heterocycles. The van der Waals surface area contributed by atoms with Crippen molar-refractivity contribution >= 4 is 11.6 Å². The molecule has 0 spiro atoms. The molecule has 92 valence electrons. The van der Waals surface area contributed by atoms with Crippen LogP contribution in [0.1, 0.15) is 19.8 Å². The third-order valence-corrected chi connectivity index (χ3v) is 3.56. The van der Waals surface area contributed by atoms with Crippen molar-refractivity contribution in [3.63, 3.8) is 0 Å². The minimum atomic E-state index is 0.157. The molecule has 3 nitrogen and oxygen atoms in total. The molecule has 0 saturated carbocycles. The zero-order valence-electron chi connectivity index (χ0n) is 10.6. The van der Waals surface area contributed by atoms with E-state index >= 15 is 0 Å². The van der Waals surface area contributed by atoms with Gasteiger partial charge in [-0.3, -0.25) is 4.79 Å². The van der Waals surface area contributed by atoms with Gasteiger partial charge in [-0.1, -0.05) is 18.2 Å². The van der Waals surface area contributed by atoms with Crippen LogP contribution in [0.3, 0.4) is 0 Å². The highest BCUT2D eigenvalue weighted by molar-refractivity contribution is 5.73. The van der Waals surface area contributed by atoms with Gasteiger partial charge in [0, 0.05) is 38.8 Å². The number of amides is 1. The van der Waals surface area contributed by atoms with Crippen molar-refractivity contribution in [3.8, 4) is 0 Å². The minimum Gasteiger partial charge on any atom is -0.369 e. The molecular formula is C14H20N2O. The zero-order chi connectivity index (χ0) is 12.3. The molecule has 1 aliphatic heterocycles. The number of rotatable bonds is 2. The fourth-order valence-corrected chi connectivity index (χ4v) is 2.40. The lowest BCUT2D eigenvalue weighted by atomic mass is 10.0. The Morgan fingerprint density at radius 2 is 2.06 bits per heavy atom. The van der Waals surface area contributed by atoms with Crippen LogP contribution in [-0.4, -0.2) is 37.0 Å². The fourth-order valence-electron chi connectivity index (χ4n) is 2.40. The summed E-state index contributed by atoms with van der Waals surface area (Å²) in [7, 11) is 1.90. The van der Waals surface area contributed by atoms with Crippen molar-refractivity contribution in [1.29, 1.82) is 0 Å². The number of carbonyl (C=O) groups is 1. The van der Waals surface area contributed by atoms with E-state index in [1.54, 1.807) is 6.92 Å². The van der Waals surface area contributed by atoms with Gasteiger partial charge in [-0.25, -0.2) is 0 Å². The smallest absolute Gasteiger partial charge is 0.219 e. The molecule has 1 saturated heterocycles.